The smallest absolute Gasteiger partial charge is 0.202 e. The van der Waals surface area contributed by atoms with Crippen LogP contribution in [0, 0.1) is 5.92 Å². The van der Waals surface area contributed by atoms with Crippen LogP contribution in [-0.2, 0) is 5.41 Å². The molecule has 0 N–H and O–H groups in total. The molecular formula is C15H22N+. The van der Waals surface area contributed by atoms with E-state index in [1.165, 1.54) is 23.4 Å². The fraction of sp³-hybridized carbons (Fsp3) is 0.533. The lowest BCUT2D eigenvalue weighted by molar-refractivity contribution is -0.403. The van der Waals surface area contributed by atoms with Crippen LogP contribution in [-0.4, -0.2) is 17.3 Å². The fourth-order valence-electron chi connectivity index (χ4n) is 2.96. The molecule has 1 aromatic carbocycles. The molecule has 0 fully saturated rings. The monoisotopic (exact) mass is 216 g/mol. The predicted molar refractivity (Wildman–Crippen MR) is 69.8 cm³/mol. The molecular weight excluding hydrogens is 194 g/mol. The summed E-state index contributed by atoms with van der Waals surface area (Å²) >= 11 is 0. The second kappa shape index (κ2) is 3.73. The Labute approximate surface area is 98.8 Å². The highest BCUT2D eigenvalue weighted by molar-refractivity contribution is 5.93. The number of nitrogens with zero attached hydrogens (tertiary/aromatic N) is 1. The van der Waals surface area contributed by atoms with E-state index in [0.717, 1.165) is 0 Å². The van der Waals surface area contributed by atoms with Gasteiger partial charge in [-0.05, 0) is 12.8 Å². The van der Waals surface area contributed by atoms with Crippen molar-refractivity contribution in [3.63, 3.8) is 0 Å². The molecule has 2 atom stereocenters. The second-order valence-electron chi connectivity index (χ2n) is 5.17. The van der Waals surface area contributed by atoms with Crippen LogP contribution in [0.2, 0.25) is 0 Å². The normalized spacial score (nSPS) is 25.8. The minimum Gasteiger partial charge on any atom is -0.202 e. The number of hydrogen-bond donors (Lipinski definition) is 0. The summed E-state index contributed by atoms with van der Waals surface area (Å²) in [5, 5.41) is 0. The summed E-state index contributed by atoms with van der Waals surface area (Å²) in [5.41, 5.74) is 4.55. The van der Waals surface area contributed by atoms with Crippen molar-refractivity contribution in [2.24, 2.45) is 5.92 Å². The van der Waals surface area contributed by atoms with E-state index < -0.39 is 0 Å². The van der Waals surface area contributed by atoms with Crippen molar-refractivity contribution in [3.8, 4) is 0 Å². The molecule has 2 rings (SSSR count). The topological polar surface area (TPSA) is 3.01 Å². The molecule has 16 heavy (non-hydrogen) atoms. The molecule has 0 bridgehead atoms. The largest absolute Gasteiger partial charge is 0.209 e. The average Bonchev–Trinajstić information content (AvgIpc) is 2.52. The van der Waals surface area contributed by atoms with Gasteiger partial charge in [-0.3, -0.25) is 0 Å². The van der Waals surface area contributed by atoms with Crippen molar-refractivity contribution < 1.29 is 4.58 Å². The SMILES string of the molecule is CC[C@H](C)[C@]1(C)C(C)=[N+](C)c2ccccc21. The number of fused-ring (bicyclic) bond motifs is 1. The second-order valence-corrected chi connectivity index (χ2v) is 5.17. The van der Waals surface area contributed by atoms with E-state index in [9.17, 15) is 0 Å². The summed E-state index contributed by atoms with van der Waals surface area (Å²) < 4.78 is 2.35. The first-order valence-electron chi connectivity index (χ1n) is 6.20. The molecule has 1 heterocycles. The molecule has 1 aromatic rings. The molecule has 0 radical (unpaired) electrons. The minimum absolute atomic E-state index is 0.208. The third-order valence-electron chi connectivity index (χ3n) is 4.68. The van der Waals surface area contributed by atoms with Crippen molar-refractivity contribution in [2.75, 3.05) is 7.05 Å². The van der Waals surface area contributed by atoms with E-state index in [1.54, 1.807) is 0 Å². The van der Waals surface area contributed by atoms with Gasteiger partial charge in [-0.2, -0.15) is 0 Å². The van der Waals surface area contributed by atoms with Crippen LogP contribution in [0.15, 0.2) is 24.3 Å². The lowest BCUT2D eigenvalue weighted by atomic mass is 9.69. The molecule has 1 heteroatoms. The molecule has 0 amide bonds. The van der Waals surface area contributed by atoms with Crippen LogP contribution in [0.1, 0.15) is 39.7 Å². The van der Waals surface area contributed by atoms with Crippen molar-refractivity contribution >= 4 is 11.4 Å². The van der Waals surface area contributed by atoms with Crippen molar-refractivity contribution in [1.82, 2.24) is 0 Å². The molecule has 0 spiro atoms. The summed E-state index contributed by atoms with van der Waals surface area (Å²) in [4.78, 5) is 0. The van der Waals surface area contributed by atoms with Crippen LogP contribution < -0.4 is 0 Å². The standard InChI is InChI=1S/C15H22N/c1-6-11(2)15(4)12(3)16(5)14-10-8-7-9-13(14)15/h7-11H,6H2,1-5H3/q+1/t11-,15+/m0/s1. The Morgan fingerprint density at radius 3 is 2.56 bits per heavy atom. The summed E-state index contributed by atoms with van der Waals surface area (Å²) in [6.07, 6.45) is 1.22. The van der Waals surface area contributed by atoms with Crippen LogP contribution in [0.5, 0.6) is 0 Å². The van der Waals surface area contributed by atoms with E-state index in [2.05, 4.69) is 63.6 Å². The number of hydrogen-bond acceptors (Lipinski definition) is 0. The van der Waals surface area contributed by atoms with Gasteiger partial charge in [-0.25, -0.2) is 4.58 Å². The minimum atomic E-state index is 0.208. The van der Waals surface area contributed by atoms with Crippen LogP contribution in [0.4, 0.5) is 5.69 Å². The van der Waals surface area contributed by atoms with Gasteiger partial charge in [0.25, 0.3) is 0 Å². The Morgan fingerprint density at radius 2 is 1.94 bits per heavy atom. The molecule has 0 saturated carbocycles. The summed E-state index contributed by atoms with van der Waals surface area (Å²) in [7, 11) is 2.18. The van der Waals surface area contributed by atoms with Gasteiger partial charge in [-0.15, -0.1) is 0 Å². The van der Waals surface area contributed by atoms with Gasteiger partial charge in [0.15, 0.2) is 5.71 Å². The van der Waals surface area contributed by atoms with Crippen LogP contribution in [0.25, 0.3) is 0 Å². The third kappa shape index (κ3) is 1.27. The highest BCUT2D eigenvalue weighted by Gasteiger charge is 2.47. The maximum Gasteiger partial charge on any atom is 0.209 e. The van der Waals surface area contributed by atoms with Gasteiger partial charge in [0.1, 0.15) is 7.05 Å². The zero-order chi connectivity index (χ0) is 11.9. The third-order valence-corrected chi connectivity index (χ3v) is 4.68. The molecule has 1 aliphatic rings. The Balaban J connectivity index is 2.65. The average molecular weight is 216 g/mol. The first-order valence-corrected chi connectivity index (χ1v) is 6.20. The quantitative estimate of drug-likeness (QED) is 0.663. The summed E-state index contributed by atoms with van der Waals surface area (Å²) in [6, 6.07) is 8.80. The van der Waals surface area contributed by atoms with Gasteiger partial charge in [0, 0.05) is 18.6 Å². The summed E-state index contributed by atoms with van der Waals surface area (Å²) in [5.74, 6) is 0.679. The first kappa shape index (κ1) is 11.4. The van der Waals surface area contributed by atoms with Gasteiger partial charge >= 0.3 is 0 Å². The van der Waals surface area contributed by atoms with Crippen LogP contribution in [0.3, 0.4) is 0 Å². The van der Waals surface area contributed by atoms with Gasteiger partial charge in [0.2, 0.25) is 5.69 Å². The maximum atomic E-state index is 2.39. The van der Waals surface area contributed by atoms with E-state index in [4.69, 9.17) is 0 Å². The number of benzene rings is 1. The van der Waals surface area contributed by atoms with E-state index in [1.807, 2.05) is 0 Å². The van der Waals surface area contributed by atoms with Gasteiger partial charge < -0.3 is 0 Å². The fourth-order valence-corrected chi connectivity index (χ4v) is 2.96. The van der Waals surface area contributed by atoms with Crippen molar-refractivity contribution in [1.29, 1.82) is 0 Å². The lowest BCUT2D eigenvalue weighted by Gasteiger charge is -2.28. The maximum absolute atomic E-state index is 2.39. The zero-order valence-corrected chi connectivity index (χ0v) is 11.0. The molecule has 0 aliphatic carbocycles. The number of para-hydroxylation sites is 1. The molecule has 86 valence electrons. The van der Waals surface area contributed by atoms with E-state index >= 15 is 0 Å². The molecule has 0 aromatic heterocycles. The first-order chi connectivity index (χ1) is 7.53. The molecule has 0 unspecified atom stereocenters. The predicted octanol–water partition coefficient (Wildman–Crippen LogP) is 3.74. The van der Waals surface area contributed by atoms with Crippen LogP contribution >= 0.6 is 0 Å². The Hall–Kier alpha value is -1.11. The zero-order valence-electron chi connectivity index (χ0n) is 11.0. The van der Waals surface area contributed by atoms with E-state index in [0.29, 0.717) is 5.92 Å². The lowest BCUT2D eigenvalue weighted by Crippen LogP contribution is -2.36. The molecule has 1 aliphatic heterocycles. The Kier molecular flexibility index (Phi) is 2.65. The highest BCUT2D eigenvalue weighted by atomic mass is 15.0. The van der Waals surface area contributed by atoms with Gasteiger partial charge in [-0.1, -0.05) is 38.5 Å². The van der Waals surface area contributed by atoms with Crippen molar-refractivity contribution in [2.45, 2.75) is 39.5 Å². The summed E-state index contributed by atoms with van der Waals surface area (Å²) in [6.45, 7) is 9.30. The molecule has 0 saturated heterocycles. The van der Waals surface area contributed by atoms with Gasteiger partial charge in [0.05, 0.1) is 5.41 Å². The Morgan fingerprint density at radius 1 is 1.31 bits per heavy atom. The number of rotatable bonds is 2. The van der Waals surface area contributed by atoms with E-state index in [-0.39, 0.29) is 5.41 Å². The van der Waals surface area contributed by atoms with Crippen molar-refractivity contribution in [3.05, 3.63) is 29.8 Å². The Bertz CT molecular complexity index is 445. The molecule has 1 nitrogen and oxygen atoms in total. The highest BCUT2D eigenvalue weighted by Crippen LogP contribution is 2.44.